The van der Waals surface area contributed by atoms with Crippen molar-refractivity contribution < 1.29 is 9.53 Å². The topological polar surface area (TPSA) is 89.2 Å². The highest BCUT2D eigenvalue weighted by Gasteiger charge is 2.59. The lowest BCUT2D eigenvalue weighted by Gasteiger charge is -2.55. The molecule has 2 aromatic rings. The van der Waals surface area contributed by atoms with Gasteiger partial charge in [-0.15, -0.1) is 0 Å². The molecule has 1 atom stereocenters. The van der Waals surface area contributed by atoms with Gasteiger partial charge in [0, 0.05) is 20.3 Å². The first-order valence-corrected chi connectivity index (χ1v) is 9.75. The number of ether oxygens (including phenoxy) is 1. The van der Waals surface area contributed by atoms with Gasteiger partial charge in [0.25, 0.3) is 0 Å². The SMILES string of the molecule is CN1C(=N)NC(C)(c2cccc(-c3cccc(C#N)c3)c2)C2(CCOCC2)C1=O. The second-order valence-electron chi connectivity index (χ2n) is 7.93. The molecular formula is C23H24N4O2. The molecule has 2 fully saturated rings. The number of hydrogen-bond acceptors (Lipinski definition) is 4. The van der Waals surface area contributed by atoms with E-state index < -0.39 is 11.0 Å². The van der Waals surface area contributed by atoms with Crippen LogP contribution in [-0.4, -0.2) is 37.0 Å². The van der Waals surface area contributed by atoms with E-state index in [1.54, 1.807) is 13.1 Å². The van der Waals surface area contributed by atoms with Crippen LogP contribution in [0.4, 0.5) is 0 Å². The van der Waals surface area contributed by atoms with Crippen LogP contribution in [0, 0.1) is 22.2 Å². The first-order chi connectivity index (χ1) is 13.9. The Morgan fingerprint density at radius 1 is 1.14 bits per heavy atom. The lowest BCUT2D eigenvalue weighted by atomic mass is 9.60. The third-order valence-corrected chi connectivity index (χ3v) is 6.49. The van der Waals surface area contributed by atoms with Crippen molar-refractivity contribution in [2.75, 3.05) is 20.3 Å². The molecule has 1 amide bonds. The number of nitriles is 1. The summed E-state index contributed by atoms with van der Waals surface area (Å²) < 4.78 is 5.57. The standard InChI is InChI=1S/C23H24N4O2/c1-22(23(9-11-29-12-10-23)20(28)27(2)21(25)26-22)19-8-4-7-18(14-19)17-6-3-5-16(13-17)15-24/h3-8,13-14H,9-12H2,1-2H3,(H2,25,26). The van der Waals surface area contributed by atoms with Crippen molar-refractivity contribution in [1.29, 1.82) is 10.7 Å². The fourth-order valence-corrected chi connectivity index (χ4v) is 4.64. The minimum Gasteiger partial charge on any atom is -0.381 e. The molecule has 2 heterocycles. The van der Waals surface area contributed by atoms with Crippen LogP contribution in [0.2, 0.25) is 0 Å². The summed E-state index contributed by atoms with van der Waals surface area (Å²) in [5.41, 5.74) is 2.06. The average Bonchev–Trinajstić information content (AvgIpc) is 2.77. The molecular weight excluding hydrogens is 364 g/mol. The number of amides is 1. The second-order valence-corrected chi connectivity index (χ2v) is 7.93. The maximum Gasteiger partial charge on any atom is 0.238 e. The maximum absolute atomic E-state index is 13.4. The van der Waals surface area contributed by atoms with E-state index in [-0.39, 0.29) is 11.9 Å². The predicted octanol–water partition coefficient (Wildman–Crippen LogP) is 3.23. The van der Waals surface area contributed by atoms with Crippen LogP contribution in [0.5, 0.6) is 0 Å². The van der Waals surface area contributed by atoms with Gasteiger partial charge in [0.1, 0.15) is 0 Å². The van der Waals surface area contributed by atoms with Gasteiger partial charge in [0.05, 0.1) is 22.6 Å². The number of carbonyl (C=O) groups is 1. The number of rotatable bonds is 2. The van der Waals surface area contributed by atoms with Crippen molar-refractivity contribution in [2.24, 2.45) is 5.41 Å². The Kier molecular flexibility index (Phi) is 4.64. The Labute approximate surface area is 170 Å². The Balaban J connectivity index is 1.84. The number of nitrogens with one attached hydrogen (secondary N) is 2. The summed E-state index contributed by atoms with van der Waals surface area (Å²) in [4.78, 5) is 14.8. The summed E-state index contributed by atoms with van der Waals surface area (Å²) in [6.07, 6.45) is 1.20. The molecule has 2 aromatic carbocycles. The third-order valence-electron chi connectivity index (χ3n) is 6.49. The van der Waals surface area contributed by atoms with E-state index in [0.29, 0.717) is 31.6 Å². The molecule has 6 heteroatoms. The van der Waals surface area contributed by atoms with Gasteiger partial charge in [-0.1, -0.05) is 30.3 Å². The molecule has 0 saturated carbocycles. The Bertz CT molecular complexity index is 1020. The molecule has 6 nitrogen and oxygen atoms in total. The summed E-state index contributed by atoms with van der Waals surface area (Å²) >= 11 is 0. The van der Waals surface area contributed by atoms with Gasteiger partial charge in [0.15, 0.2) is 5.96 Å². The normalized spacial score (nSPS) is 23.6. The highest BCUT2D eigenvalue weighted by atomic mass is 16.5. The number of hydrogen-bond donors (Lipinski definition) is 2. The quantitative estimate of drug-likeness (QED) is 0.827. The highest BCUT2D eigenvalue weighted by molar-refractivity contribution is 6.02. The zero-order valence-electron chi connectivity index (χ0n) is 16.7. The zero-order valence-corrected chi connectivity index (χ0v) is 16.7. The molecule has 2 aliphatic heterocycles. The lowest BCUT2D eigenvalue weighted by Crippen LogP contribution is -2.70. The summed E-state index contributed by atoms with van der Waals surface area (Å²) in [6.45, 7) is 3.06. The molecule has 4 rings (SSSR count). The van der Waals surface area contributed by atoms with Crippen molar-refractivity contribution in [3.63, 3.8) is 0 Å². The Morgan fingerprint density at radius 2 is 1.79 bits per heavy atom. The first-order valence-electron chi connectivity index (χ1n) is 9.75. The van der Waals surface area contributed by atoms with Crippen LogP contribution in [0.1, 0.15) is 30.9 Å². The lowest BCUT2D eigenvalue weighted by molar-refractivity contribution is -0.154. The van der Waals surface area contributed by atoms with Crippen molar-refractivity contribution in [3.8, 4) is 17.2 Å². The van der Waals surface area contributed by atoms with Crippen molar-refractivity contribution >= 4 is 11.9 Å². The van der Waals surface area contributed by atoms with E-state index in [1.807, 2.05) is 43.3 Å². The Hall–Kier alpha value is -3.17. The number of carbonyl (C=O) groups excluding carboxylic acids is 1. The van der Waals surface area contributed by atoms with Crippen molar-refractivity contribution in [1.82, 2.24) is 10.2 Å². The molecule has 0 radical (unpaired) electrons. The molecule has 1 unspecified atom stereocenters. The van der Waals surface area contributed by atoms with Crippen molar-refractivity contribution in [3.05, 3.63) is 59.7 Å². The van der Waals surface area contributed by atoms with Gasteiger partial charge in [0.2, 0.25) is 5.91 Å². The smallest absolute Gasteiger partial charge is 0.238 e. The molecule has 0 aromatic heterocycles. The molecule has 0 aliphatic carbocycles. The predicted molar refractivity (Wildman–Crippen MR) is 110 cm³/mol. The second kappa shape index (κ2) is 7.02. The van der Waals surface area contributed by atoms with Crippen LogP contribution in [0.15, 0.2) is 48.5 Å². The zero-order chi connectivity index (χ0) is 20.6. The molecule has 2 aliphatic rings. The summed E-state index contributed by atoms with van der Waals surface area (Å²) in [5, 5.41) is 20.9. The monoisotopic (exact) mass is 388 g/mol. The van der Waals surface area contributed by atoms with Crippen LogP contribution in [0.25, 0.3) is 11.1 Å². The summed E-state index contributed by atoms with van der Waals surface area (Å²) in [6, 6.07) is 17.7. The van der Waals surface area contributed by atoms with Gasteiger partial charge in [-0.05, 0) is 54.7 Å². The minimum absolute atomic E-state index is 0.0380. The van der Waals surface area contributed by atoms with Gasteiger partial charge in [-0.2, -0.15) is 5.26 Å². The van der Waals surface area contributed by atoms with Gasteiger partial charge in [-0.3, -0.25) is 15.1 Å². The van der Waals surface area contributed by atoms with Crippen LogP contribution in [0.3, 0.4) is 0 Å². The van der Waals surface area contributed by atoms with E-state index in [0.717, 1.165) is 16.7 Å². The molecule has 0 bridgehead atoms. The van der Waals surface area contributed by atoms with E-state index >= 15 is 0 Å². The number of nitrogens with zero attached hydrogens (tertiary/aromatic N) is 2. The minimum atomic E-state index is -0.736. The fourth-order valence-electron chi connectivity index (χ4n) is 4.64. The van der Waals surface area contributed by atoms with Crippen molar-refractivity contribution in [2.45, 2.75) is 25.3 Å². The average molecular weight is 388 g/mol. The molecule has 1 spiro atoms. The van der Waals surface area contributed by atoms with Gasteiger partial charge < -0.3 is 10.1 Å². The fraction of sp³-hybridized carbons (Fsp3) is 0.348. The molecule has 2 saturated heterocycles. The Morgan fingerprint density at radius 3 is 2.48 bits per heavy atom. The molecule has 2 N–H and O–H groups in total. The van der Waals surface area contributed by atoms with Crippen LogP contribution >= 0.6 is 0 Å². The van der Waals surface area contributed by atoms with Gasteiger partial charge >= 0.3 is 0 Å². The third kappa shape index (κ3) is 2.90. The van der Waals surface area contributed by atoms with E-state index in [1.165, 1.54) is 4.90 Å². The van der Waals surface area contributed by atoms with E-state index in [9.17, 15) is 10.1 Å². The maximum atomic E-state index is 13.4. The summed E-state index contributed by atoms with van der Waals surface area (Å²) in [5.74, 6) is 0.0652. The highest BCUT2D eigenvalue weighted by Crippen LogP contribution is 2.50. The van der Waals surface area contributed by atoms with E-state index in [2.05, 4.69) is 17.5 Å². The number of guanidine groups is 1. The largest absolute Gasteiger partial charge is 0.381 e. The van der Waals surface area contributed by atoms with Crippen LogP contribution < -0.4 is 5.32 Å². The summed E-state index contributed by atoms with van der Waals surface area (Å²) in [7, 11) is 1.65. The molecule has 148 valence electrons. The number of benzene rings is 2. The molecule has 29 heavy (non-hydrogen) atoms. The first kappa shape index (κ1) is 19.2. The van der Waals surface area contributed by atoms with Crippen LogP contribution in [-0.2, 0) is 15.1 Å². The van der Waals surface area contributed by atoms with E-state index in [4.69, 9.17) is 10.1 Å². The van der Waals surface area contributed by atoms with Gasteiger partial charge in [-0.25, -0.2) is 0 Å².